The summed E-state index contributed by atoms with van der Waals surface area (Å²) in [4.78, 5) is 2.79. The van der Waals surface area contributed by atoms with Gasteiger partial charge in [0.05, 0.1) is 10.6 Å². The van der Waals surface area contributed by atoms with E-state index in [1.54, 1.807) is 12.1 Å². The molecule has 0 unspecified atom stereocenters. The lowest BCUT2D eigenvalue weighted by molar-refractivity contribution is 0.206. The van der Waals surface area contributed by atoms with Crippen LogP contribution in [0.15, 0.2) is 59.5 Å². The fourth-order valence-electron chi connectivity index (χ4n) is 3.56. The van der Waals surface area contributed by atoms with E-state index < -0.39 is 9.84 Å². The zero-order chi connectivity index (χ0) is 17.2. The topological polar surface area (TPSA) is 37.4 Å². The first-order chi connectivity index (χ1) is 11.5. The van der Waals surface area contributed by atoms with Crippen LogP contribution in [0, 0.1) is 6.92 Å². The molecule has 3 rings (SSSR count). The van der Waals surface area contributed by atoms with Crippen molar-refractivity contribution in [3.8, 4) is 0 Å². The van der Waals surface area contributed by atoms with E-state index in [0.29, 0.717) is 4.90 Å². The van der Waals surface area contributed by atoms with E-state index in [2.05, 4.69) is 24.0 Å². The average Bonchev–Trinajstić information content (AvgIpc) is 3.02. The first-order valence-electron chi connectivity index (χ1n) is 8.57. The molecule has 0 spiro atoms. The Morgan fingerprint density at radius 2 is 1.75 bits per heavy atom. The molecule has 24 heavy (non-hydrogen) atoms. The van der Waals surface area contributed by atoms with Crippen molar-refractivity contribution in [1.29, 1.82) is 0 Å². The maximum Gasteiger partial charge on any atom is 0.179 e. The molecule has 2 aromatic carbocycles. The number of sulfone groups is 1. The number of nitrogens with zero attached hydrogens (tertiary/aromatic N) is 1. The van der Waals surface area contributed by atoms with E-state index in [4.69, 9.17) is 0 Å². The second kappa shape index (κ2) is 7.08. The first-order valence-corrected chi connectivity index (χ1v) is 10.2. The van der Waals surface area contributed by atoms with Crippen molar-refractivity contribution < 1.29 is 8.42 Å². The molecule has 0 saturated carbocycles. The SMILES string of the molecule is Cc1ccc(S(=O)(=O)C[C@@H]2CCCN2[C@H](C)c2ccccc2)cc1. The molecule has 1 heterocycles. The van der Waals surface area contributed by atoms with E-state index in [1.807, 2.05) is 37.3 Å². The van der Waals surface area contributed by atoms with Crippen LogP contribution in [0.4, 0.5) is 0 Å². The quantitative estimate of drug-likeness (QED) is 0.823. The molecule has 1 saturated heterocycles. The highest BCUT2D eigenvalue weighted by molar-refractivity contribution is 7.91. The van der Waals surface area contributed by atoms with Crippen LogP contribution in [0.2, 0.25) is 0 Å². The first kappa shape index (κ1) is 17.2. The monoisotopic (exact) mass is 343 g/mol. The summed E-state index contributed by atoms with van der Waals surface area (Å²) in [6.07, 6.45) is 2.01. The van der Waals surface area contributed by atoms with Gasteiger partial charge in [-0.1, -0.05) is 48.0 Å². The lowest BCUT2D eigenvalue weighted by atomic mass is 10.1. The smallest absolute Gasteiger partial charge is 0.179 e. The van der Waals surface area contributed by atoms with Crippen LogP contribution < -0.4 is 0 Å². The van der Waals surface area contributed by atoms with Crippen LogP contribution in [0.5, 0.6) is 0 Å². The molecule has 0 aromatic heterocycles. The maximum atomic E-state index is 12.8. The van der Waals surface area contributed by atoms with Gasteiger partial charge in [0, 0.05) is 12.1 Å². The minimum atomic E-state index is -3.25. The van der Waals surface area contributed by atoms with Crippen molar-refractivity contribution in [3.05, 3.63) is 65.7 Å². The number of hydrogen-bond donors (Lipinski definition) is 0. The van der Waals surface area contributed by atoms with Crippen molar-refractivity contribution in [1.82, 2.24) is 4.90 Å². The molecule has 2 atom stereocenters. The molecule has 2 aromatic rings. The lowest BCUT2D eigenvalue weighted by Gasteiger charge is -2.31. The second-order valence-corrected chi connectivity index (χ2v) is 8.75. The van der Waals surface area contributed by atoms with Gasteiger partial charge in [-0.25, -0.2) is 8.42 Å². The average molecular weight is 343 g/mol. The van der Waals surface area contributed by atoms with Crippen LogP contribution in [0.1, 0.15) is 36.9 Å². The summed E-state index contributed by atoms with van der Waals surface area (Å²) in [5.74, 6) is 0.202. The highest BCUT2D eigenvalue weighted by Gasteiger charge is 2.33. The molecule has 0 amide bonds. The predicted molar refractivity (Wildman–Crippen MR) is 97.8 cm³/mol. The molecule has 3 nitrogen and oxygen atoms in total. The third-order valence-electron chi connectivity index (χ3n) is 4.99. The predicted octanol–water partition coefficient (Wildman–Crippen LogP) is 3.99. The number of hydrogen-bond acceptors (Lipinski definition) is 3. The summed E-state index contributed by atoms with van der Waals surface area (Å²) in [6, 6.07) is 17.9. The summed E-state index contributed by atoms with van der Waals surface area (Å²) < 4.78 is 25.6. The van der Waals surface area contributed by atoms with Crippen LogP contribution >= 0.6 is 0 Å². The van der Waals surface area contributed by atoms with E-state index in [-0.39, 0.29) is 17.8 Å². The molecule has 0 bridgehead atoms. The highest BCUT2D eigenvalue weighted by Crippen LogP contribution is 2.30. The van der Waals surface area contributed by atoms with Gasteiger partial charge in [0.1, 0.15) is 0 Å². The lowest BCUT2D eigenvalue weighted by Crippen LogP contribution is -2.37. The Balaban J connectivity index is 1.77. The summed E-state index contributed by atoms with van der Waals surface area (Å²) in [7, 11) is -3.25. The van der Waals surface area contributed by atoms with E-state index in [0.717, 1.165) is 24.9 Å². The Hall–Kier alpha value is -1.65. The second-order valence-electron chi connectivity index (χ2n) is 6.72. The Morgan fingerprint density at radius 1 is 1.08 bits per heavy atom. The Kier molecular flexibility index (Phi) is 5.07. The van der Waals surface area contributed by atoms with Gasteiger partial charge in [-0.15, -0.1) is 0 Å². The summed E-state index contributed by atoms with van der Waals surface area (Å²) in [5.41, 5.74) is 2.33. The fraction of sp³-hybridized carbons (Fsp3) is 0.400. The molecular formula is C20H25NO2S. The normalized spacial score (nSPS) is 20.2. The van der Waals surface area contributed by atoms with Crippen molar-refractivity contribution in [2.24, 2.45) is 0 Å². The van der Waals surface area contributed by atoms with Gasteiger partial charge in [-0.3, -0.25) is 4.90 Å². The zero-order valence-corrected chi connectivity index (χ0v) is 15.2. The number of likely N-dealkylation sites (tertiary alicyclic amines) is 1. The molecule has 4 heteroatoms. The van der Waals surface area contributed by atoms with Crippen LogP contribution in [0.3, 0.4) is 0 Å². The number of aryl methyl sites for hydroxylation is 1. The van der Waals surface area contributed by atoms with E-state index >= 15 is 0 Å². The number of benzene rings is 2. The third kappa shape index (κ3) is 3.70. The van der Waals surface area contributed by atoms with Crippen molar-refractivity contribution >= 4 is 9.84 Å². The van der Waals surface area contributed by atoms with Crippen molar-refractivity contribution in [2.75, 3.05) is 12.3 Å². The van der Waals surface area contributed by atoms with Crippen LogP contribution in [-0.4, -0.2) is 31.7 Å². The largest absolute Gasteiger partial charge is 0.293 e. The van der Waals surface area contributed by atoms with Crippen LogP contribution in [0.25, 0.3) is 0 Å². The Morgan fingerprint density at radius 3 is 2.42 bits per heavy atom. The highest BCUT2D eigenvalue weighted by atomic mass is 32.2. The molecule has 0 N–H and O–H groups in total. The van der Waals surface area contributed by atoms with Gasteiger partial charge >= 0.3 is 0 Å². The van der Waals surface area contributed by atoms with Crippen molar-refractivity contribution in [3.63, 3.8) is 0 Å². The molecule has 1 fully saturated rings. The van der Waals surface area contributed by atoms with Gasteiger partial charge in [0.2, 0.25) is 0 Å². The van der Waals surface area contributed by atoms with Gasteiger partial charge in [-0.05, 0) is 50.9 Å². The van der Waals surface area contributed by atoms with Crippen molar-refractivity contribution in [2.45, 2.75) is 43.7 Å². The fourth-order valence-corrected chi connectivity index (χ4v) is 5.17. The summed E-state index contributed by atoms with van der Waals surface area (Å²) in [6.45, 7) is 5.10. The molecule has 1 aliphatic heterocycles. The Labute approximate surface area is 145 Å². The zero-order valence-electron chi connectivity index (χ0n) is 14.4. The Bertz CT molecular complexity index is 769. The van der Waals surface area contributed by atoms with E-state index in [1.165, 1.54) is 5.56 Å². The third-order valence-corrected chi connectivity index (χ3v) is 6.81. The molecule has 128 valence electrons. The van der Waals surface area contributed by atoms with Crippen LogP contribution in [-0.2, 0) is 9.84 Å². The van der Waals surface area contributed by atoms with E-state index in [9.17, 15) is 8.42 Å². The van der Waals surface area contributed by atoms with Gasteiger partial charge in [0.25, 0.3) is 0 Å². The molecule has 1 aliphatic rings. The molecule has 0 radical (unpaired) electrons. The minimum absolute atomic E-state index is 0.0894. The van der Waals surface area contributed by atoms with Gasteiger partial charge in [-0.2, -0.15) is 0 Å². The van der Waals surface area contributed by atoms with Gasteiger partial charge < -0.3 is 0 Å². The minimum Gasteiger partial charge on any atom is -0.293 e. The molecule has 0 aliphatic carbocycles. The molecular weight excluding hydrogens is 318 g/mol. The maximum absolute atomic E-state index is 12.8. The number of rotatable bonds is 5. The standard InChI is InChI=1S/C20H25NO2S/c1-16-10-12-20(13-11-16)24(22,23)15-19-9-6-14-21(19)17(2)18-7-4-3-5-8-18/h3-5,7-8,10-13,17,19H,6,9,14-15H2,1-2H3/t17-,19+/m1/s1. The van der Waals surface area contributed by atoms with Gasteiger partial charge in [0.15, 0.2) is 9.84 Å². The summed E-state index contributed by atoms with van der Waals surface area (Å²) in [5, 5.41) is 0. The summed E-state index contributed by atoms with van der Waals surface area (Å²) >= 11 is 0.